The van der Waals surface area contributed by atoms with Crippen molar-refractivity contribution in [2.75, 3.05) is 19.7 Å². The number of likely N-dealkylation sites (tertiary alicyclic amines) is 1. The van der Waals surface area contributed by atoms with Crippen LogP contribution in [0.2, 0.25) is 0 Å². The number of nitrogens with one attached hydrogen (secondary N) is 1. The Bertz CT molecular complexity index is 922. The fourth-order valence-corrected chi connectivity index (χ4v) is 4.18. The number of hydrogen-bond acceptors (Lipinski definition) is 4. The zero-order chi connectivity index (χ0) is 19.7. The Morgan fingerprint density at radius 2 is 1.89 bits per heavy atom. The van der Waals surface area contributed by atoms with Gasteiger partial charge in [0.2, 0.25) is 0 Å². The van der Waals surface area contributed by atoms with Crippen molar-refractivity contribution in [3.63, 3.8) is 0 Å². The molecule has 4 rings (SSSR count). The first-order valence-corrected chi connectivity index (χ1v) is 9.51. The largest absolute Gasteiger partial charge is 0.490 e. The van der Waals surface area contributed by atoms with E-state index in [1.165, 1.54) is 0 Å². The van der Waals surface area contributed by atoms with Crippen molar-refractivity contribution in [2.24, 2.45) is 5.41 Å². The number of rotatable bonds is 5. The number of carbonyl (C=O) groups is 2. The molecule has 1 saturated heterocycles. The summed E-state index contributed by atoms with van der Waals surface area (Å²) in [6.07, 6.45) is 1.71. The van der Waals surface area contributed by atoms with Crippen molar-refractivity contribution in [1.82, 2.24) is 10.2 Å². The fraction of sp³-hybridized carbons (Fsp3) is 0.304. The lowest BCUT2D eigenvalue weighted by molar-refractivity contribution is 0.0789. The molecule has 28 heavy (non-hydrogen) atoms. The van der Waals surface area contributed by atoms with Crippen LogP contribution in [-0.4, -0.2) is 42.3 Å². The molecule has 0 aromatic heterocycles. The lowest BCUT2D eigenvalue weighted by Gasteiger charge is -2.27. The third-order valence-electron chi connectivity index (χ3n) is 5.70. The van der Waals surface area contributed by atoms with E-state index in [1.807, 2.05) is 37.3 Å². The van der Waals surface area contributed by atoms with Crippen LogP contribution in [0.5, 0.6) is 5.75 Å². The minimum atomic E-state index is -0.630. The predicted octanol–water partition coefficient (Wildman–Crippen LogP) is 3.07. The van der Waals surface area contributed by atoms with Gasteiger partial charge in [0.25, 0.3) is 5.91 Å². The standard InChI is InChI=1S/C23H24N2O3/c1-3-12-28-17-10-8-16(9-11-17)13-25-14-20-23(2,15-25)21(26)18-6-4-5-7-19(18)22(27)24-20/h3-11,20H,1,12-15H2,2H3,(H,24,27)/t20-,23+/m1/s1. The third kappa shape index (κ3) is 3.22. The summed E-state index contributed by atoms with van der Waals surface area (Å²) in [4.78, 5) is 28.1. The Labute approximate surface area is 165 Å². The number of hydrogen-bond donors (Lipinski definition) is 1. The summed E-state index contributed by atoms with van der Waals surface area (Å²) in [6.45, 7) is 8.08. The molecule has 5 nitrogen and oxygen atoms in total. The van der Waals surface area contributed by atoms with Crippen LogP contribution in [0.25, 0.3) is 0 Å². The zero-order valence-electron chi connectivity index (χ0n) is 16.0. The molecule has 2 aliphatic heterocycles. The molecule has 5 heteroatoms. The predicted molar refractivity (Wildman–Crippen MR) is 108 cm³/mol. The molecule has 2 aromatic rings. The molecule has 2 aliphatic rings. The van der Waals surface area contributed by atoms with Crippen molar-refractivity contribution in [3.8, 4) is 5.75 Å². The highest BCUT2D eigenvalue weighted by molar-refractivity contribution is 6.12. The van der Waals surface area contributed by atoms with Gasteiger partial charge in [0.15, 0.2) is 5.78 Å². The number of fused-ring (bicyclic) bond motifs is 2. The highest BCUT2D eigenvalue weighted by Gasteiger charge is 2.51. The molecule has 0 radical (unpaired) electrons. The van der Waals surface area contributed by atoms with Crippen LogP contribution >= 0.6 is 0 Å². The van der Waals surface area contributed by atoms with Gasteiger partial charge in [-0.3, -0.25) is 14.5 Å². The van der Waals surface area contributed by atoms with Gasteiger partial charge in [0, 0.05) is 25.2 Å². The zero-order valence-corrected chi connectivity index (χ0v) is 16.0. The number of benzene rings is 2. The van der Waals surface area contributed by atoms with Crippen molar-refractivity contribution >= 4 is 11.7 Å². The number of ketones is 1. The second-order valence-corrected chi connectivity index (χ2v) is 7.73. The summed E-state index contributed by atoms with van der Waals surface area (Å²) in [5.74, 6) is 0.687. The molecule has 0 aliphatic carbocycles. The van der Waals surface area contributed by atoms with E-state index in [9.17, 15) is 9.59 Å². The normalized spacial score (nSPS) is 24.1. The molecular formula is C23H24N2O3. The third-order valence-corrected chi connectivity index (χ3v) is 5.70. The Morgan fingerprint density at radius 1 is 1.18 bits per heavy atom. The Kier molecular flexibility index (Phi) is 4.77. The highest BCUT2D eigenvalue weighted by Crippen LogP contribution is 2.37. The van der Waals surface area contributed by atoms with Crippen LogP contribution < -0.4 is 10.1 Å². The van der Waals surface area contributed by atoms with E-state index in [0.29, 0.717) is 30.8 Å². The molecule has 1 amide bonds. The molecule has 1 N–H and O–H groups in total. The smallest absolute Gasteiger partial charge is 0.252 e. The maximum absolute atomic E-state index is 13.3. The molecule has 144 valence electrons. The summed E-state index contributed by atoms with van der Waals surface area (Å²) in [7, 11) is 0. The van der Waals surface area contributed by atoms with Gasteiger partial charge < -0.3 is 10.1 Å². The SMILES string of the molecule is C=CCOc1ccc(CN2C[C@H]3NC(=O)c4ccccc4C(=O)[C@@]3(C)C2)cc1. The number of carbonyl (C=O) groups excluding carboxylic acids is 2. The van der Waals surface area contributed by atoms with Crippen molar-refractivity contribution in [2.45, 2.75) is 19.5 Å². The maximum atomic E-state index is 13.3. The van der Waals surface area contributed by atoms with E-state index in [0.717, 1.165) is 17.9 Å². The molecule has 0 bridgehead atoms. The quantitative estimate of drug-likeness (QED) is 0.815. The van der Waals surface area contributed by atoms with E-state index in [1.54, 1.807) is 24.3 Å². The van der Waals surface area contributed by atoms with Crippen LogP contribution in [0, 0.1) is 5.41 Å². The fourth-order valence-electron chi connectivity index (χ4n) is 4.18. The van der Waals surface area contributed by atoms with E-state index < -0.39 is 5.41 Å². The summed E-state index contributed by atoms with van der Waals surface area (Å²) in [6, 6.07) is 14.8. The average Bonchev–Trinajstić information content (AvgIpc) is 2.99. The molecule has 0 unspecified atom stereocenters. The topological polar surface area (TPSA) is 58.6 Å². The van der Waals surface area contributed by atoms with Gasteiger partial charge in [-0.25, -0.2) is 0 Å². The molecule has 0 saturated carbocycles. The number of nitrogens with zero attached hydrogens (tertiary/aromatic N) is 1. The average molecular weight is 376 g/mol. The maximum Gasteiger partial charge on any atom is 0.252 e. The van der Waals surface area contributed by atoms with Gasteiger partial charge in [-0.15, -0.1) is 0 Å². The van der Waals surface area contributed by atoms with Crippen LogP contribution in [-0.2, 0) is 6.54 Å². The molecule has 2 heterocycles. The Hall–Kier alpha value is -2.92. The minimum absolute atomic E-state index is 0.0436. The number of amides is 1. The van der Waals surface area contributed by atoms with E-state index in [4.69, 9.17) is 4.74 Å². The molecule has 1 fully saturated rings. The molecule has 2 aromatic carbocycles. The van der Waals surface area contributed by atoms with E-state index in [2.05, 4.69) is 16.8 Å². The van der Waals surface area contributed by atoms with Crippen molar-refractivity contribution < 1.29 is 14.3 Å². The summed E-state index contributed by atoms with van der Waals surface area (Å²) < 4.78 is 5.52. The lowest BCUT2D eigenvalue weighted by Crippen LogP contribution is -2.47. The number of Topliss-reactive ketones (excluding diaryl/α,β-unsaturated/α-hetero) is 1. The highest BCUT2D eigenvalue weighted by atomic mass is 16.5. The molecule has 2 atom stereocenters. The molecule has 0 spiro atoms. The van der Waals surface area contributed by atoms with Crippen LogP contribution in [0.15, 0.2) is 61.2 Å². The minimum Gasteiger partial charge on any atom is -0.490 e. The Morgan fingerprint density at radius 3 is 2.61 bits per heavy atom. The van der Waals surface area contributed by atoms with Gasteiger partial charge in [0.05, 0.1) is 17.0 Å². The van der Waals surface area contributed by atoms with Crippen molar-refractivity contribution in [3.05, 3.63) is 77.9 Å². The number of ether oxygens (including phenoxy) is 1. The van der Waals surface area contributed by atoms with Gasteiger partial charge in [-0.2, -0.15) is 0 Å². The van der Waals surface area contributed by atoms with Crippen LogP contribution in [0.1, 0.15) is 33.2 Å². The van der Waals surface area contributed by atoms with Gasteiger partial charge >= 0.3 is 0 Å². The first kappa shape index (κ1) is 18.4. The molecular weight excluding hydrogens is 352 g/mol. The monoisotopic (exact) mass is 376 g/mol. The van der Waals surface area contributed by atoms with Crippen molar-refractivity contribution in [1.29, 1.82) is 0 Å². The van der Waals surface area contributed by atoms with Gasteiger partial charge in [0.1, 0.15) is 12.4 Å². The summed E-state index contributed by atoms with van der Waals surface area (Å²) in [5.41, 5.74) is 1.51. The second kappa shape index (κ2) is 7.24. The summed E-state index contributed by atoms with van der Waals surface area (Å²) in [5, 5.41) is 3.09. The first-order valence-electron chi connectivity index (χ1n) is 9.51. The first-order chi connectivity index (χ1) is 13.5. The van der Waals surface area contributed by atoms with E-state index >= 15 is 0 Å². The van der Waals surface area contributed by atoms with Crippen LogP contribution in [0.4, 0.5) is 0 Å². The summed E-state index contributed by atoms with van der Waals surface area (Å²) >= 11 is 0. The lowest BCUT2D eigenvalue weighted by atomic mass is 9.78. The van der Waals surface area contributed by atoms with Gasteiger partial charge in [-0.05, 0) is 30.7 Å². The Balaban J connectivity index is 1.52. The van der Waals surface area contributed by atoms with Gasteiger partial charge in [-0.1, -0.05) is 43.0 Å². The second-order valence-electron chi connectivity index (χ2n) is 7.73. The van der Waals surface area contributed by atoms with Crippen LogP contribution in [0.3, 0.4) is 0 Å². The van der Waals surface area contributed by atoms with E-state index in [-0.39, 0.29) is 17.7 Å².